The van der Waals surface area contributed by atoms with E-state index in [1.54, 1.807) is 4.90 Å². The first-order valence-corrected chi connectivity index (χ1v) is 7.19. The molecule has 0 bridgehead atoms. The molecule has 5 nitrogen and oxygen atoms in total. The van der Waals surface area contributed by atoms with E-state index in [4.69, 9.17) is 9.47 Å². The van der Waals surface area contributed by atoms with Crippen molar-refractivity contribution in [2.24, 2.45) is 11.3 Å². The lowest BCUT2D eigenvalue weighted by Gasteiger charge is -2.43. The van der Waals surface area contributed by atoms with Crippen LogP contribution in [0.2, 0.25) is 0 Å². The number of hydrogen-bond donors (Lipinski definition) is 0. The van der Waals surface area contributed by atoms with Crippen LogP contribution in [0.4, 0.5) is 4.79 Å². The van der Waals surface area contributed by atoms with Gasteiger partial charge >= 0.3 is 12.1 Å². The Kier molecular flexibility index (Phi) is 5.05. The third-order valence-corrected chi connectivity index (χ3v) is 3.87. The monoisotopic (exact) mass is 285 g/mol. The average molecular weight is 285 g/mol. The van der Waals surface area contributed by atoms with Gasteiger partial charge in [-0.1, -0.05) is 13.8 Å². The Morgan fingerprint density at radius 3 is 2.30 bits per heavy atom. The number of rotatable bonds is 2. The van der Waals surface area contributed by atoms with Gasteiger partial charge in [0.05, 0.1) is 12.5 Å². The third kappa shape index (κ3) is 3.64. The van der Waals surface area contributed by atoms with Gasteiger partial charge in [0.1, 0.15) is 5.60 Å². The van der Waals surface area contributed by atoms with Crippen molar-refractivity contribution in [1.82, 2.24) is 4.90 Å². The van der Waals surface area contributed by atoms with Crippen molar-refractivity contribution in [2.75, 3.05) is 20.2 Å². The molecule has 0 spiro atoms. The Morgan fingerprint density at radius 2 is 1.85 bits per heavy atom. The number of nitrogens with zero attached hydrogens (tertiary/aromatic N) is 1. The molecule has 1 unspecified atom stereocenters. The lowest BCUT2D eigenvalue weighted by molar-refractivity contribution is -0.159. The van der Waals surface area contributed by atoms with Gasteiger partial charge in [-0.15, -0.1) is 0 Å². The summed E-state index contributed by atoms with van der Waals surface area (Å²) in [6.45, 7) is 10.5. The summed E-state index contributed by atoms with van der Waals surface area (Å²) in [6, 6.07) is 0. The smallest absolute Gasteiger partial charge is 0.410 e. The van der Waals surface area contributed by atoms with Crippen LogP contribution in [0.1, 0.15) is 47.5 Å². The van der Waals surface area contributed by atoms with Gasteiger partial charge in [-0.2, -0.15) is 0 Å². The van der Waals surface area contributed by atoms with Crippen LogP contribution in [0.15, 0.2) is 0 Å². The highest BCUT2D eigenvalue weighted by molar-refractivity contribution is 5.79. The summed E-state index contributed by atoms with van der Waals surface area (Å²) in [4.78, 5) is 26.0. The van der Waals surface area contributed by atoms with Crippen molar-refractivity contribution in [1.29, 1.82) is 0 Å². The molecule has 1 heterocycles. The van der Waals surface area contributed by atoms with E-state index in [9.17, 15) is 9.59 Å². The van der Waals surface area contributed by atoms with Crippen molar-refractivity contribution < 1.29 is 19.1 Å². The van der Waals surface area contributed by atoms with Gasteiger partial charge in [0, 0.05) is 13.1 Å². The highest BCUT2D eigenvalue weighted by atomic mass is 16.6. The highest BCUT2D eigenvalue weighted by Gasteiger charge is 2.47. The maximum Gasteiger partial charge on any atom is 0.410 e. The zero-order chi connectivity index (χ0) is 15.6. The summed E-state index contributed by atoms with van der Waals surface area (Å²) in [5.41, 5.74) is -1.15. The molecule has 1 rings (SSSR count). The summed E-state index contributed by atoms with van der Waals surface area (Å²) < 4.78 is 10.4. The number of carbonyl (C=O) groups is 2. The van der Waals surface area contributed by atoms with Crippen molar-refractivity contribution in [2.45, 2.75) is 53.1 Å². The predicted octanol–water partition coefficient (Wildman–Crippen LogP) is 2.83. The molecule has 0 radical (unpaired) electrons. The molecular weight excluding hydrogens is 258 g/mol. The molecule has 1 aliphatic rings. The summed E-state index contributed by atoms with van der Waals surface area (Å²) in [5.74, 6) is -0.124. The second-order valence-electron chi connectivity index (χ2n) is 6.81. The first-order valence-electron chi connectivity index (χ1n) is 7.19. The fourth-order valence-electron chi connectivity index (χ4n) is 2.64. The molecule has 1 fully saturated rings. The van der Waals surface area contributed by atoms with E-state index in [1.165, 1.54) is 7.11 Å². The second-order valence-corrected chi connectivity index (χ2v) is 6.81. The first-order chi connectivity index (χ1) is 9.12. The maximum absolute atomic E-state index is 12.2. The van der Waals surface area contributed by atoms with E-state index in [0.29, 0.717) is 13.1 Å². The van der Waals surface area contributed by atoms with Crippen LogP contribution in [0.3, 0.4) is 0 Å². The maximum atomic E-state index is 12.2. The van der Waals surface area contributed by atoms with E-state index < -0.39 is 11.0 Å². The molecule has 0 aromatic rings. The minimum Gasteiger partial charge on any atom is -0.469 e. The SMILES string of the molecule is COC(=O)C1(C(C)C)CCCN(C(=O)OC(C)(C)C)C1. The number of hydrogen-bond acceptors (Lipinski definition) is 4. The molecule has 1 aliphatic heterocycles. The highest BCUT2D eigenvalue weighted by Crippen LogP contribution is 2.38. The van der Waals surface area contributed by atoms with Crippen LogP contribution in [-0.2, 0) is 14.3 Å². The van der Waals surface area contributed by atoms with Crippen LogP contribution in [0.5, 0.6) is 0 Å². The second kappa shape index (κ2) is 6.02. The molecule has 0 N–H and O–H groups in total. The summed E-state index contributed by atoms with van der Waals surface area (Å²) >= 11 is 0. The van der Waals surface area contributed by atoms with Crippen LogP contribution in [0, 0.1) is 11.3 Å². The molecule has 1 atom stereocenters. The summed E-state index contributed by atoms with van der Waals surface area (Å²) in [7, 11) is 1.40. The van der Waals surface area contributed by atoms with Gasteiger partial charge < -0.3 is 14.4 Å². The Morgan fingerprint density at radius 1 is 1.25 bits per heavy atom. The van der Waals surface area contributed by atoms with E-state index in [1.807, 2.05) is 34.6 Å². The third-order valence-electron chi connectivity index (χ3n) is 3.87. The van der Waals surface area contributed by atoms with Gasteiger partial charge in [-0.25, -0.2) is 4.79 Å². The molecule has 0 aromatic carbocycles. The quantitative estimate of drug-likeness (QED) is 0.732. The van der Waals surface area contributed by atoms with Crippen LogP contribution >= 0.6 is 0 Å². The Hall–Kier alpha value is -1.26. The Labute approximate surface area is 121 Å². The van der Waals surface area contributed by atoms with E-state index in [0.717, 1.165) is 12.8 Å². The molecule has 1 amide bonds. The molecule has 0 aliphatic carbocycles. The summed E-state index contributed by atoms with van der Waals surface area (Å²) in [6.07, 6.45) is 1.18. The number of methoxy groups -OCH3 is 1. The van der Waals surface area contributed by atoms with Crippen molar-refractivity contribution in [3.05, 3.63) is 0 Å². The summed E-state index contributed by atoms with van der Waals surface area (Å²) in [5, 5.41) is 0. The fourth-order valence-corrected chi connectivity index (χ4v) is 2.64. The number of piperidine rings is 1. The van der Waals surface area contributed by atoms with Gasteiger partial charge in [0.2, 0.25) is 0 Å². The predicted molar refractivity (Wildman–Crippen MR) is 76.3 cm³/mol. The van der Waals surface area contributed by atoms with Crippen molar-refractivity contribution in [3.63, 3.8) is 0 Å². The molecule has 1 saturated heterocycles. The number of carbonyl (C=O) groups excluding carboxylic acids is 2. The van der Waals surface area contributed by atoms with Gasteiger partial charge in [-0.05, 0) is 39.5 Å². The average Bonchev–Trinajstić information content (AvgIpc) is 2.35. The zero-order valence-electron chi connectivity index (χ0n) is 13.5. The number of ether oxygens (including phenoxy) is 2. The van der Waals surface area contributed by atoms with Crippen LogP contribution in [0.25, 0.3) is 0 Å². The number of amides is 1. The Balaban J connectivity index is 2.88. The van der Waals surface area contributed by atoms with Gasteiger partial charge in [0.25, 0.3) is 0 Å². The normalized spacial score (nSPS) is 23.6. The lowest BCUT2D eigenvalue weighted by Crippen LogP contribution is -2.53. The van der Waals surface area contributed by atoms with Crippen LogP contribution < -0.4 is 0 Å². The zero-order valence-corrected chi connectivity index (χ0v) is 13.5. The Bertz CT molecular complexity index is 373. The van der Waals surface area contributed by atoms with E-state index in [-0.39, 0.29) is 18.0 Å². The topological polar surface area (TPSA) is 55.8 Å². The molecule has 20 heavy (non-hydrogen) atoms. The van der Waals surface area contributed by atoms with E-state index in [2.05, 4.69) is 0 Å². The number of esters is 1. The van der Waals surface area contributed by atoms with Crippen molar-refractivity contribution in [3.8, 4) is 0 Å². The fraction of sp³-hybridized carbons (Fsp3) is 0.867. The lowest BCUT2D eigenvalue weighted by atomic mass is 9.71. The molecule has 116 valence electrons. The molecule has 0 saturated carbocycles. The minimum absolute atomic E-state index is 0.111. The van der Waals surface area contributed by atoms with Gasteiger partial charge in [0.15, 0.2) is 0 Å². The van der Waals surface area contributed by atoms with E-state index >= 15 is 0 Å². The minimum atomic E-state index is -0.621. The number of likely N-dealkylation sites (tertiary alicyclic amines) is 1. The largest absolute Gasteiger partial charge is 0.469 e. The molecule has 0 aromatic heterocycles. The molecular formula is C15H27NO4. The first kappa shape index (κ1) is 16.8. The van der Waals surface area contributed by atoms with Gasteiger partial charge in [-0.3, -0.25) is 4.79 Å². The standard InChI is InChI=1S/C15H27NO4/c1-11(2)15(12(17)19-6)8-7-9-16(10-15)13(18)20-14(3,4)5/h11H,7-10H2,1-6H3. The van der Waals surface area contributed by atoms with Crippen molar-refractivity contribution >= 4 is 12.1 Å². The van der Waals surface area contributed by atoms with Crippen LogP contribution in [-0.4, -0.2) is 42.8 Å². The molecule has 5 heteroatoms.